The molecule has 2 aliphatic rings. The lowest BCUT2D eigenvalue weighted by Gasteiger charge is -2.45. The van der Waals surface area contributed by atoms with Gasteiger partial charge in [0.1, 0.15) is 0 Å². The largest absolute Gasteiger partial charge is 0.351 e. The highest BCUT2D eigenvalue weighted by atomic mass is 35.5. The van der Waals surface area contributed by atoms with Crippen LogP contribution in [0.25, 0.3) is 0 Å². The van der Waals surface area contributed by atoms with Crippen molar-refractivity contribution in [1.82, 2.24) is 5.32 Å². The van der Waals surface area contributed by atoms with E-state index >= 15 is 0 Å². The normalized spacial score (nSPS) is 26.6. The molecule has 124 valence electrons. The number of carbonyl (C=O) groups excluding carboxylic acids is 1. The summed E-state index contributed by atoms with van der Waals surface area (Å²) in [7, 11) is 0. The van der Waals surface area contributed by atoms with Gasteiger partial charge in [-0.3, -0.25) is 4.79 Å². The molecule has 0 radical (unpaired) electrons. The maximum atomic E-state index is 12.6. The molecule has 0 saturated heterocycles. The Hall–Kier alpha value is -1.28. The zero-order valence-corrected chi connectivity index (χ0v) is 14.5. The molecule has 2 nitrogen and oxygen atoms in total. The lowest BCUT2D eigenvalue weighted by Crippen LogP contribution is -2.43. The number of hydrogen-bond donors (Lipinski definition) is 1. The van der Waals surface area contributed by atoms with Crippen molar-refractivity contribution >= 4 is 17.5 Å². The van der Waals surface area contributed by atoms with E-state index in [9.17, 15) is 4.79 Å². The Morgan fingerprint density at radius 1 is 1.35 bits per heavy atom. The third-order valence-corrected chi connectivity index (χ3v) is 5.97. The Balaban J connectivity index is 1.67. The molecular weight excluding hydrogens is 306 g/mol. The van der Waals surface area contributed by atoms with Crippen molar-refractivity contribution in [2.24, 2.45) is 11.3 Å². The molecule has 1 aromatic rings. The molecule has 3 heteroatoms. The van der Waals surface area contributed by atoms with Crippen molar-refractivity contribution in [2.45, 2.75) is 51.4 Å². The molecule has 0 aliphatic heterocycles. The van der Waals surface area contributed by atoms with Gasteiger partial charge >= 0.3 is 0 Å². The van der Waals surface area contributed by atoms with Crippen LogP contribution in [0.4, 0.5) is 0 Å². The smallest absolute Gasteiger partial charge is 0.252 e. The minimum absolute atomic E-state index is 0.0389. The lowest BCUT2D eigenvalue weighted by atomic mass is 9.62. The number of carbonyl (C=O) groups is 1. The van der Waals surface area contributed by atoms with Gasteiger partial charge in [-0.1, -0.05) is 49.4 Å². The Kier molecular flexibility index (Phi) is 5.11. The van der Waals surface area contributed by atoms with E-state index in [1.807, 2.05) is 24.3 Å². The molecule has 2 fully saturated rings. The highest BCUT2D eigenvalue weighted by molar-refractivity contribution is 6.33. The van der Waals surface area contributed by atoms with Gasteiger partial charge in [0.15, 0.2) is 0 Å². The molecule has 0 aromatic heterocycles. The van der Waals surface area contributed by atoms with E-state index in [4.69, 9.17) is 11.6 Å². The maximum absolute atomic E-state index is 12.6. The van der Waals surface area contributed by atoms with E-state index < -0.39 is 0 Å². The first-order chi connectivity index (χ1) is 11.1. The Morgan fingerprint density at radius 2 is 2.09 bits per heavy atom. The van der Waals surface area contributed by atoms with Crippen LogP contribution in [0, 0.1) is 11.3 Å². The first kappa shape index (κ1) is 16.6. The summed E-state index contributed by atoms with van der Waals surface area (Å²) in [5.74, 6) is 0.844. The SMILES string of the molecule is C=CCc1ccc(Cl)c(C(=O)NCC23CCCC(CCC2)C3)c1. The predicted octanol–water partition coefficient (Wildman–Crippen LogP) is 5.16. The monoisotopic (exact) mass is 331 g/mol. The number of hydrogen-bond acceptors (Lipinski definition) is 1. The van der Waals surface area contributed by atoms with Crippen LogP contribution in [0.2, 0.25) is 5.02 Å². The van der Waals surface area contributed by atoms with Gasteiger partial charge in [0.2, 0.25) is 0 Å². The van der Waals surface area contributed by atoms with Crippen LogP contribution >= 0.6 is 11.6 Å². The second-order valence-electron chi connectivity index (χ2n) is 7.34. The van der Waals surface area contributed by atoms with Crippen LogP contribution in [0.3, 0.4) is 0 Å². The average Bonchev–Trinajstić information content (AvgIpc) is 2.55. The molecule has 23 heavy (non-hydrogen) atoms. The molecule has 2 bridgehead atoms. The van der Waals surface area contributed by atoms with Crippen molar-refractivity contribution in [3.63, 3.8) is 0 Å². The Morgan fingerprint density at radius 3 is 2.78 bits per heavy atom. The fraction of sp³-hybridized carbons (Fsp3) is 0.550. The summed E-state index contributed by atoms with van der Waals surface area (Å²) in [6.45, 7) is 4.55. The van der Waals surface area contributed by atoms with Crippen LogP contribution in [0.15, 0.2) is 30.9 Å². The van der Waals surface area contributed by atoms with Gasteiger partial charge in [-0.25, -0.2) is 0 Å². The molecule has 0 unspecified atom stereocenters. The zero-order chi connectivity index (χ0) is 16.3. The number of allylic oxidation sites excluding steroid dienone is 1. The van der Waals surface area contributed by atoms with E-state index in [0.717, 1.165) is 24.4 Å². The molecule has 3 rings (SSSR count). The van der Waals surface area contributed by atoms with Crippen molar-refractivity contribution in [3.05, 3.63) is 47.0 Å². The van der Waals surface area contributed by atoms with Gasteiger partial charge in [0.05, 0.1) is 10.6 Å². The van der Waals surface area contributed by atoms with Crippen LogP contribution in [0.1, 0.15) is 60.9 Å². The average molecular weight is 332 g/mol. The highest BCUT2D eigenvalue weighted by Crippen LogP contribution is 2.48. The van der Waals surface area contributed by atoms with Crippen molar-refractivity contribution < 1.29 is 4.79 Å². The minimum Gasteiger partial charge on any atom is -0.351 e. The van der Waals surface area contributed by atoms with Gasteiger partial charge in [-0.2, -0.15) is 0 Å². The molecule has 1 amide bonds. The molecule has 1 aromatic carbocycles. The predicted molar refractivity (Wildman–Crippen MR) is 95.9 cm³/mol. The first-order valence-electron chi connectivity index (χ1n) is 8.79. The fourth-order valence-electron chi connectivity index (χ4n) is 4.47. The highest BCUT2D eigenvalue weighted by Gasteiger charge is 2.39. The second-order valence-corrected chi connectivity index (χ2v) is 7.75. The summed E-state index contributed by atoms with van der Waals surface area (Å²) >= 11 is 6.23. The molecule has 0 spiro atoms. The van der Waals surface area contributed by atoms with Crippen molar-refractivity contribution in [1.29, 1.82) is 0 Å². The van der Waals surface area contributed by atoms with Crippen LogP contribution in [0.5, 0.6) is 0 Å². The first-order valence-corrected chi connectivity index (χ1v) is 9.17. The quantitative estimate of drug-likeness (QED) is 0.742. The molecule has 2 saturated carbocycles. The molecular formula is C20H26ClNO. The lowest BCUT2D eigenvalue weighted by molar-refractivity contribution is 0.0682. The van der Waals surface area contributed by atoms with E-state index in [0.29, 0.717) is 16.0 Å². The number of fused-ring (bicyclic) bond motifs is 2. The summed E-state index contributed by atoms with van der Waals surface area (Å²) in [5.41, 5.74) is 2.00. The number of halogens is 1. The molecule has 0 atom stereocenters. The minimum atomic E-state index is -0.0389. The number of benzene rings is 1. The topological polar surface area (TPSA) is 29.1 Å². The summed E-state index contributed by atoms with van der Waals surface area (Å²) in [5, 5.41) is 3.70. The van der Waals surface area contributed by atoms with Crippen LogP contribution < -0.4 is 5.32 Å². The van der Waals surface area contributed by atoms with Crippen molar-refractivity contribution in [3.8, 4) is 0 Å². The van der Waals surface area contributed by atoms with E-state index in [2.05, 4.69) is 11.9 Å². The summed E-state index contributed by atoms with van der Waals surface area (Å²) in [4.78, 5) is 12.6. The van der Waals surface area contributed by atoms with E-state index in [1.165, 1.54) is 44.9 Å². The fourth-order valence-corrected chi connectivity index (χ4v) is 4.68. The summed E-state index contributed by atoms with van der Waals surface area (Å²) < 4.78 is 0. The van der Waals surface area contributed by atoms with Gasteiger partial charge in [-0.15, -0.1) is 6.58 Å². The van der Waals surface area contributed by atoms with Gasteiger partial charge in [-0.05, 0) is 54.7 Å². The molecule has 1 N–H and O–H groups in total. The van der Waals surface area contributed by atoms with E-state index in [1.54, 1.807) is 0 Å². The summed E-state index contributed by atoms with van der Waals surface area (Å²) in [6, 6.07) is 5.65. The second kappa shape index (κ2) is 7.09. The zero-order valence-electron chi connectivity index (χ0n) is 13.7. The third kappa shape index (κ3) is 3.80. The number of amides is 1. The maximum Gasteiger partial charge on any atom is 0.252 e. The van der Waals surface area contributed by atoms with Crippen LogP contribution in [-0.2, 0) is 6.42 Å². The molecule has 0 heterocycles. The Labute approximate surface area is 144 Å². The van der Waals surface area contributed by atoms with Crippen molar-refractivity contribution in [2.75, 3.05) is 6.54 Å². The Bertz CT molecular complexity index is 585. The van der Waals surface area contributed by atoms with Gasteiger partial charge in [0, 0.05) is 6.54 Å². The molecule has 2 aliphatic carbocycles. The standard InChI is InChI=1S/C20H26ClNO/c1-2-5-15-8-9-18(21)17(12-15)19(23)22-14-20-10-3-6-16(13-20)7-4-11-20/h2,8-9,12,16H,1,3-7,10-11,13-14H2,(H,22,23). The summed E-state index contributed by atoms with van der Waals surface area (Å²) in [6.07, 6.45) is 11.8. The third-order valence-electron chi connectivity index (χ3n) is 5.64. The number of nitrogens with one attached hydrogen (secondary N) is 1. The van der Waals surface area contributed by atoms with Crippen LogP contribution in [-0.4, -0.2) is 12.5 Å². The van der Waals surface area contributed by atoms with Gasteiger partial charge < -0.3 is 5.32 Å². The van der Waals surface area contributed by atoms with Gasteiger partial charge in [0.25, 0.3) is 5.91 Å². The number of rotatable bonds is 5. The van der Waals surface area contributed by atoms with E-state index in [-0.39, 0.29) is 5.91 Å².